The van der Waals surface area contributed by atoms with Crippen LogP contribution in [0.15, 0.2) is 91.0 Å². The fraction of sp³-hybridized carbons (Fsp3) is 0.308. The minimum Gasteiger partial charge on any atom is -0.870 e. The van der Waals surface area contributed by atoms with Gasteiger partial charge in [-0.2, -0.15) is 0 Å². The number of rotatable bonds is 10. The van der Waals surface area contributed by atoms with Crippen LogP contribution in [0.25, 0.3) is 0 Å². The minimum absolute atomic E-state index is 0. The van der Waals surface area contributed by atoms with Crippen LogP contribution in [0, 0.1) is 0 Å². The lowest BCUT2D eigenvalue weighted by molar-refractivity contribution is 0.626. The van der Waals surface area contributed by atoms with E-state index in [1.807, 2.05) is 0 Å². The van der Waals surface area contributed by atoms with Crippen molar-refractivity contribution in [3.05, 3.63) is 91.0 Å². The molecule has 0 aliphatic rings. The zero-order chi connectivity index (χ0) is 18.8. The molecule has 28 heavy (non-hydrogen) atoms. The molecule has 3 aromatic rings. The second kappa shape index (κ2) is 11.8. The molecular formula is C26H33OP. The Labute approximate surface area is 171 Å². The number of hydrogen-bond acceptors (Lipinski definition) is 1. The molecule has 3 rings (SSSR count). The molecule has 0 saturated heterocycles. The molecule has 0 unspecified atom stereocenters. The highest BCUT2D eigenvalue weighted by atomic mass is 31.2. The van der Waals surface area contributed by atoms with E-state index in [0.29, 0.717) is 0 Å². The molecule has 2 heteroatoms. The van der Waals surface area contributed by atoms with Gasteiger partial charge in [0.25, 0.3) is 0 Å². The van der Waals surface area contributed by atoms with Crippen molar-refractivity contribution in [1.29, 1.82) is 0 Å². The first kappa shape index (κ1) is 22.3. The van der Waals surface area contributed by atoms with Gasteiger partial charge in [-0.15, -0.1) is 0 Å². The Morgan fingerprint density at radius 1 is 0.500 bits per heavy atom. The van der Waals surface area contributed by atoms with Crippen LogP contribution in [0.2, 0.25) is 0 Å². The highest BCUT2D eigenvalue weighted by Gasteiger charge is 2.44. The molecule has 0 aromatic heterocycles. The van der Waals surface area contributed by atoms with Crippen LogP contribution in [0.1, 0.15) is 45.4 Å². The standard InChI is InChI=1S/C26H32P.H2O/c1-2-3-4-5-6-16-23-27(24-17-10-7-11-18-24,25-19-12-8-13-20-25)26-21-14-9-15-22-26;/h7-15,17-22H,2-6,16,23H2,1H3;1H2/q+1;/p-1. The van der Waals surface area contributed by atoms with Gasteiger partial charge in [-0.3, -0.25) is 0 Å². The molecule has 0 bridgehead atoms. The Bertz CT molecular complexity index is 675. The molecule has 1 N–H and O–H groups in total. The number of benzene rings is 3. The third kappa shape index (κ3) is 5.31. The van der Waals surface area contributed by atoms with E-state index < -0.39 is 7.26 Å². The van der Waals surface area contributed by atoms with Crippen molar-refractivity contribution in [3.8, 4) is 0 Å². The van der Waals surface area contributed by atoms with Crippen molar-refractivity contribution in [2.24, 2.45) is 0 Å². The monoisotopic (exact) mass is 392 g/mol. The first-order valence-corrected chi connectivity index (χ1v) is 12.4. The Kier molecular flexibility index (Phi) is 9.41. The topological polar surface area (TPSA) is 30.0 Å². The average molecular weight is 393 g/mol. The Morgan fingerprint density at radius 3 is 1.25 bits per heavy atom. The van der Waals surface area contributed by atoms with Crippen molar-refractivity contribution >= 4 is 23.2 Å². The third-order valence-electron chi connectivity index (χ3n) is 5.44. The average Bonchev–Trinajstić information content (AvgIpc) is 2.75. The summed E-state index contributed by atoms with van der Waals surface area (Å²) in [6, 6.07) is 33.8. The molecule has 0 radical (unpaired) electrons. The van der Waals surface area contributed by atoms with Crippen LogP contribution in [-0.4, -0.2) is 11.6 Å². The van der Waals surface area contributed by atoms with Crippen molar-refractivity contribution in [2.45, 2.75) is 45.4 Å². The first-order valence-electron chi connectivity index (χ1n) is 10.4. The fourth-order valence-corrected chi connectivity index (χ4v) is 8.42. The fourth-order valence-electron chi connectivity index (χ4n) is 4.01. The van der Waals surface area contributed by atoms with E-state index in [4.69, 9.17) is 0 Å². The summed E-state index contributed by atoms with van der Waals surface area (Å²) >= 11 is 0. The van der Waals surface area contributed by atoms with Crippen molar-refractivity contribution in [3.63, 3.8) is 0 Å². The normalized spacial score (nSPS) is 11.0. The summed E-state index contributed by atoms with van der Waals surface area (Å²) in [5.74, 6) is 0. The molecule has 0 amide bonds. The second-order valence-electron chi connectivity index (χ2n) is 7.31. The van der Waals surface area contributed by atoms with Gasteiger partial charge in [0.15, 0.2) is 0 Å². The number of hydrogen-bond donors (Lipinski definition) is 0. The maximum Gasteiger partial charge on any atom is 0.112 e. The van der Waals surface area contributed by atoms with Gasteiger partial charge in [0.05, 0.1) is 6.16 Å². The zero-order valence-corrected chi connectivity index (χ0v) is 17.9. The van der Waals surface area contributed by atoms with E-state index in [9.17, 15) is 0 Å². The van der Waals surface area contributed by atoms with Crippen LogP contribution in [0.4, 0.5) is 0 Å². The first-order chi connectivity index (χ1) is 13.4. The highest BCUT2D eigenvalue weighted by molar-refractivity contribution is 7.95. The Morgan fingerprint density at radius 2 is 0.857 bits per heavy atom. The van der Waals surface area contributed by atoms with Crippen LogP contribution in [0.3, 0.4) is 0 Å². The van der Waals surface area contributed by atoms with E-state index in [1.54, 1.807) is 0 Å². The van der Waals surface area contributed by atoms with Gasteiger partial charge in [-0.05, 0) is 49.2 Å². The molecule has 3 aromatic carbocycles. The predicted molar refractivity (Wildman–Crippen MR) is 125 cm³/mol. The van der Waals surface area contributed by atoms with Crippen LogP contribution in [0.5, 0.6) is 0 Å². The quantitative estimate of drug-likeness (QED) is 0.300. The smallest absolute Gasteiger partial charge is 0.112 e. The van der Waals surface area contributed by atoms with Gasteiger partial charge in [0, 0.05) is 0 Å². The largest absolute Gasteiger partial charge is 0.870 e. The van der Waals surface area contributed by atoms with Gasteiger partial charge in [0.1, 0.15) is 23.2 Å². The summed E-state index contributed by atoms with van der Waals surface area (Å²) in [5, 5.41) is 4.53. The van der Waals surface area contributed by atoms with Crippen LogP contribution >= 0.6 is 7.26 Å². The van der Waals surface area contributed by atoms with E-state index >= 15 is 0 Å². The summed E-state index contributed by atoms with van der Waals surface area (Å²) in [5.41, 5.74) is 0. The predicted octanol–water partition coefficient (Wildman–Crippen LogP) is 6.16. The van der Waals surface area contributed by atoms with Gasteiger partial charge in [-0.1, -0.05) is 87.2 Å². The SMILES string of the molecule is CCCCCCCC[P+](c1ccccc1)(c1ccccc1)c1ccccc1.[OH-]. The van der Waals surface area contributed by atoms with Gasteiger partial charge in [0.2, 0.25) is 0 Å². The van der Waals surface area contributed by atoms with Gasteiger partial charge in [-0.25, -0.2) is 0 Å². The van der Waals surface area contributed by atoms with E-state index in [1.165, 1.54) is 60.6 Å². The summed E-state index contributed by atoms with van der Waals surface area (Å²) in [7, 11) is -1.61. The highest BCUT2D eigenvalue weighted by Crippen LogP contribution is 2.55. The zero-order valence-electron chi connectivity index (χ0n) is 17.0. The summed E-state index contributed by atoms with van der Waals surface area (Å²) in [4.78, 5) is 0. The maximum atomic E-state index is 2.35. The summed E-state index contributed by atoms with van der Waals surface area (Å²) in [6.07, 6.45) is 9.34. The molecule has 0 aliphatic carbocycles. The third-order valence-corrected chi connectivity index (χ3v) is 9.96. The Hall–Kier alpha value is -1.95. The molecule has 0 spiro atoms. The Balaban J connectivity index is 0.00000280. The molecule has 0 fully saturated rings. The van der Waals surface area contributed by atoms with Crippen molar-refractivity contribution in [2.75, 3.05) is 6.16 Å². The second-order valence-corrected chi connectivity index (χ2v) is 10.9. The number of unbranched alkanes of at least 4 members (excludes halogenated alkanes) is 5. The molecule has 0 heterocycles. The van der Waals surface area contributed by atoms with E-state index in [0.717, 1.165) is 0 Å². The molecule has 148 valence electrons. The van der Waals surface area contributed by atoms with E-state index in [-0.39, 0.29) is 5.48 Å². The maximum absolute atomic E-state index is 2.35. The lowest BCUT2D eigenvalue weighted by Crippen LogP contribution is -2.33. The van der Waals surface area contributed by atoms with Crippen molar-refractivity contribution in [1.82, 2.24) is 0 Å². The van der Waals surface area contributed by atoms with E-state index in [2.05, 4.69) is 97.9 Å². The lowest BCUT2D eigenvalue weighted by atomic mass is 10.1. The van der Waals surface area contributed by atoms with Crippen LogP contribution < -0.4 is 15.9 Å². The summed E-state index contributed by atoms with van der Waals surface area (Å²) < 4.78 is 0. The molecule has 0 atom stereocenters. The summed E-state index contributed by atoms with van der Waals surface area (Å²) in [6.45, 7) is 2.29. The minimum atomic E-state index is -1.61. The van der Waals surface area contributed by atoms with Crippen molar-refractivity contribution < 1.29 is 5.48 Å². The van der Waals surface area contributed by atoms with Gasteiger partial charge >= 0.3 is 0 Å². The molecule has 0 saturated carbocycles. The lowest BCUT2D eigenvalue weighted by Gasteiger charge is -2.27. The molecule has 1 nitrogen and oxygen atoms in total. The van der Waals surface area contributed by atoms with Gasteiger partial charge < -0.3 is 5.48 Å². The molecular weight excluding hydrogens is 359 g/mol. The molecule has 0 aliphatic heterocycles. The van der Waals surface area contributed by atoms with Crippen LogP contribution in [-0.2, 0) is 0 Å².